The topological polar surface area (TPSA) is 0 Å². The van der Waals surface area contributed by atoms with Crippen LogP contribution >= 0.6 is 0 Å². The molecule has 0 saturated heterocycles. The summed E-state index contributed by atoms with van der Waals surface area (Å²) in [4.78, 5) is 0. The molecular weight excluding hydrogens is 215 g/mol. The van der Waals surface area contributed by atoms with E-state index >= 15 is 0 Å². The summed E-state index contributed by atoms with van der Waals surface area (Å²) >= 11 is 0. The van der Waals surface area contributed by atoms with Gasteiger partial charge in [0.1, 0.15) is 0 Å². The summed E-state index contributed by atoms with van der Waals surface area (Å²) in [7, 11) is 0. The van der Waals surface area contributed by atoms with Gasteiger partial charge in [-0.3, -0.25) is 0 Å². The lowest BCUT2D eigenvalue weighted by molar-refractivity contribution is 0.768. The third-order valence-corrected chi connectivity index (χ3v) is 3.50. The van der Waals surface area contributed by atoms with Crippen LogP contribution in [0.25, 0.3) is 0 Å². The van der Waals surface area contributed by atoms with Crippen LogP contribution in [0, 0.1) is 0 Å². The number of hydrogen-bond acceptors (Lipinski definition) is 0. The van der Waals surface area contributed by atoms with Crippen LogP contribution < -0.4 is 10.9 Å². The van der Waals surface area contributed by atoms with Gasteiger partial charge in [0, 0.05) is 0 Å². The largest absolute Gasteiger partial charge is 0.209 e. The predicted molar refractivity (Wildman–Crippen MR) is 82.2 cm³/mol. The van der Waals surface area contributed by atoms with Crippen LogP contribution in [0.4, 0.5) is 0 Å². The average molecular weight is 236 g/mol. The number of benzene rings is 2. The molecule has 2 aromatic rings. The van der Waals surface area contributed by atoms with Crippen LogP contribution in [0.3, 0.4) is 0 Å². The van der Waals surface area contributed by atoms with Crippen molar-refractivity contribution in [3.8, 4) is 0 Å². The monoisotopic (exact) mass is 236 g/mol. The summed E-state index contributed by atoms with van der Waals surface area (Å²) in [5.74, 6) is 0. The molecule has 0 N–H and O–H groups in total. The maximum absolute atomic E-state index is 2.26. The van der Waals surface area contributed by atoms with E-state index < -0.39 is 0 Å². The predicted octanol–water partition coefficient (Wildman–Crippen LogP) is 3.49. The molecule has 0 spiro atoms. The Kier molecular flexibility index (Phi) is 5.07. The van der Waals surface area contributed by atoms with Crippen LogP contribution in [-0.2, 0) is 0 Å². The Hall–Kier alpha value is -1.50. The van der Waals surface area contributed by atoms with Gasteiger partial charge < -0.3 is 0 Å². The molecule has 0 bridgehead atoms. The SMILES string of the molecule is CCCCCB(c1ccccc1)c1ccccc1. The Bertz CT molecular complexity index is 396. The van der Waals surface area contributed by atoms with E-state index in [2.05, 4.69) is 67.6 Å². The molecule has 0 aliphatic heterocycles. The van der Waals surface area contributed by atoms with Crippen LogP contribution in [-0.4, -0.2) is 6.71 Å². The van der Waals surface area contributed by atoms with Crippen molar-refractivity contribution in [2.45, 2.75) is 32.5 Å². The first-order valence-corrected chi connectivity index (χ1v) is 7.01. The molecule has 0 unspecified atom stereocenters. The molecule has 0 fully saturated rings. The molecule has 0 aliphatic rings. The highest BCUT2D eigenvalue weighted by Gasteiger charge is 2.17. The minimum absolute atomic E-state index is 0.555. The van der Waals surface area contributed by atoms with Gasteiger partial charge in [0.2, 0.25) is 6.71 Å². The normalized spacial score (nSPS) is 10.3. The Morgan fingerprint density at radius 1 is 0.722 bits per heavy atom. The second-order valence-electron chi connectivity index (χ2n) is 4.87. The average Bonchev–Trinajstić information content (AvgIpc) is 2.46. The zero-order chi connectivity index (χ0) is 12.6. The third-order valence-electron chi connectivity index (χ3n) is 3.50. The number of hydrogen-bond donors (Lipinski definition) is 0. The summed E-state index contributed by atoms with van der Waals surface area (Å²) in [5, 5.41) is 0. The van der Waals surface area contributed by atoms with Crippen LogP contribution in [0.5, 0.6) is 0 Å². The lowest BCUT2D eigenvalue weighted by Gasteiger charge is -2.14. The maximum Gasteiger partial charge on any atom is 0.209 e. The summed E-state index contributed by atoms with van der Waals surface area (Å²) in [5.41, 5.74) is 2.89. The fraction of sp³-hybridized carbons (Fsp3) is 0.294. The van der Waals surface area contributed by atoms with Crippen molar-refractivity contribution in [1.82, 2.24) is 0 Å². The van der Waals surface area contributed by atoms with Crippen molar-refractivity contribution >= 4 is 17.6 Å². The molecule has 2 rings (SSSR count). The van der Waals surface area contributed by atoms with Gasteiger partial charge in [-0.1, -0.05) is 104 Å². The molecule has 0 aromatic heterocycles. The standard InChI is InChI=1S/C17H21B/c1-2-3-10-15-18(16-11-6-4-7-12-16)17-13-8-5-9-14-17/h4-9,11-14H,2-3,10,15H2,1H3. The molecule has 0 atom stereocenters. The molecule has 0 amide bonds. The number of rotatable bonds is 6. The van der Waals surface area contributed by atoms with Crippen molar-refractivity contribution in [3.05, 3.63) is 60.7 Å². The molecule has 0 aliphatic carbocycles. The fourth-order valence-electron chi connectivity index (χ4n) is 2.49. The summed E-state index contributed by atoms with van der Waals surface area (Å²) in [6, 6.07) is 21.8. The van der Waals surface area contributed by atoms with E-state index in [-0.39, 0.29) is 0 Å². The quantitative estimate of drug-likeness (QED) is 0.532. The molecule has 0 radical (unpaired) electrons. The van der Waals surface area contributed by atoms with Gasteiger partial charge in [-0.15, -0.1) is 0 Å². The van der Waals surface area contributed by atoms with Crippen molar-refractivity contribution in [2.75, 3.05) is 0 Å². The lowest BCUT2D eigenvalue weighted by atomic mass is 9.38. The maximum atomic E-state index is 2.26. The van der Waals surface area contributed by atoms with Gasteiger partial charge in [-0.25, -0.2) is 0 Å². The molecule has 1 heteroatoms. The Labute approximate surface area is 111 Å². The van der Waals surface area contributed by atoms with Crippen LogP contribution in [0.15, 0.2) is 60.7 Å². The van der Waals surface area contributed by atoms with E-state index in [1.54, 1.807) is 0 Å². The van der Waals surface area contributed by atoms with Gasteiger partial charge in [0.05, 0.1) is 0 Å². The molecule has 0 nitrogen and oxygen atoms in total. The highest BCUT2D eigenvalue weighted by atomic mass is 13.9. The van der Waals surface area contributed by atoms with Crippen LogP contribution in [0.1, 0.15) is 26.2 Å². The molecule has 92 valence electrons. The van der Waals surface area contributed by atoms with Crippen LogP contribution in [0.2, 0.25) is 6.32 Å². The first-order chi connectivity index (χ1) is 8.92. The first-order valence-electron chi connectivity index (χ1n) is 7.01. The van der Waals surface area contributed by atoms with E-state index in [9.17, 15) is 0 Å². The van der Waals surface area contributed by atoms with E-state index in [1.165, 1.54) is 36.5 Å². The van der Waals surface area contributed by atoms with E-state index in [1.807, 2.05) is 0 Å². The van der Waals surface area contributed by atoms with Gasteiger partial charge in [-0.05, 0) is 0 Å². The van der Waals surface area contributed by atoms with Gasteiger partial charge in [0.25, 0.3) is 0 Å². The van der Waals surface area contributed by atoms with E-state index in [0.29, 0.717) is 6.71 Å². The van der Waals surface area contributed by atoms with Crippen molar-refractivity contribution < 1.29 is 0 Å². The van der Waals surface area contributed by atoms with Crippen molar-refractivity contribution in [3.63, 3.8) is 0 Å². The fourth-order valence-corrected chi connectivity index (χ4v) is 2.49. The smallest absolute Gasteiger partial charge is 0.0742 e. The van der Waals surface area contributed by atoms with Gasteiger partial charge in [-0.2, -0.15) is 0 Å². The summed E-state index contributed by atoms with van der Waals surface area (Å²) in [6.07, 6.45) is 5.18. The highest BCUT2D eigenvalue weighted by molar-refractivity contribution is 6.85. The van der Waals surface area contributed by atoms with Crippen molar-refractivity contribution in [1.29, 1.82) is 0 Å². The number of unbranched alkanes of at least 4 members (excludes halogenated alkanes) is 2. The Morgan fingerprint density at radius 3 is 1.67 bits per heavy atom. The van der Waals surface area contributed by atoms with Crippen molar-refractivity contribution in [2.24, 2.45) is 0 Å². The Balaban J connectivity index is 2.18. The zero-order valence-corrected chi connectivity index (χ0v) is 11.2. The molecule has 18 heavy (non-hydrogen) atoms. The third kappa shape index (κ3) is 3.50. The highest BCUT2D eigenvalue weighted by Crippen LogP contribution is 2.05. The summed E-state index contributed by atoms with van der Waals surface area (Å²) < 4.78 is 0. The molecule has 0 heterocycles. The molecule has 2 aromatic carbocycles. The minimum Gasteiger partial charge on any atom is -0.0742 e. The Morgan fingerprint density at radius 2 is 1.22 bits per heavy atom. The minimum atomic E-state index is 0.555. The second kappa shape index (κ2) is 7.05. The first kappa shape index (κ1) is 12.9. The van der Waals surface area contributed by atoms with Gasteiger partial charge >= 0.3 is 0 Å². The zero-order valence-electron chi connectivity index (χ0n) is 11.2. The molecular formula is C17H21B. The second-order valence-corrected chi connectivity index (χ2v) is 4.87. The summed E-state index contributed by atoms with van der Waals surface area (Å²) in [6.45, 7) is 2.82. The van der Waals surface area contributed by atoms with E-state index in [0.717, 1.165) is 0 Å². The van der Waals surface area contributed by atoms with Gasteiger partial charge in [0.15, 0.2) is 0 Å². The van der Waals surface area contributed by atoms with E-state index in [4.69, 9.17) is 0 Å². The lowest BCUT2D eigenvalue weighted by Crippen LogP contribution is -2.41. The molecule has 0 saturated carbocycles.